The van der Waals surface area contributed by atoms with Crippen LogP contribution in [0.4, 0.5) is 10.6 Å². The molecular weight excluding hydrogens is 937 g/mol. The first-order chi connectivity index (χ1) is 33.0. The molecular formula is C49H78N10O9S2. The molecule has 19 nitrogen and oxygen atoms in total. The average molecular weight is 1020 g/mol. The highest BCUT2D eigenvalue weighted by atomic mass is 33.1. The molecule has 0 unspecified atom stereocenters. The Hall–Kier alpha value is -4.70. The minimum Gasteiger partial charge on any atom is -0.448 e. The van der Waals surface area contributed by atoms with Gasteiger partial charge in [0.25, 0.3) is 0 Å². The van der Waals surface area contributed by atoms with Crippen molar-refractivity contribution in [3.05, 3.63) is 42.2 Å². The SMILES string of the molecule is CC[C@H](C)[C@@H]([C@@H](CC(=O)N1CCC[C@H]1[C@H](OC)[C@@H](C)C(=O)N[C@H](C)[C@@H](O)c1ccccc1)OC)N(C)C(=O)[C@@H](NC(=O)[C@H](C(C)C)N(C)C(=O)OCC(C)(C)SSc1nc2c(N)ncnc2[nH]1)C(C)C. The number of nitrogens with one attached hydrogen (secondary N) is 3. The second-order valence-corrected chi connectivity index (χ2v) is 22.6. The van der Waals surface area contributed by atoms with Gasteiger partial charge in [-0.2, -0.15) is 0 Å². The van der Waals surface area contributed by atoms with E-state index in [0.29, 0.717) is 47.7 Å². The first-order valence-corrected chi connectivity index (χ1v) is 26.3. The number of hydrogen-bond acceptors (Lipinski definition) is 15. The first-order valence-electron chi connectivity index (χ1n) is 24.1. The van der Waals surface area contributed by atoms with Crippen LogP contribution in [0, 0.1) is 23.7 Å². The van der Waals surface area contributed by atoms with Crippen LogP contribution >= 0.6 is 21.6 Å². The number of amides is 5. The average Bonchev–Trinajstić information content (AvgIpc) is 4.00. The second-order valence-electron chi connectivity index (χ2n) is 19.8. The van der Waals surface area contributed by atoms with Crippen molar-refractivity contribution in [3.8, 4) is 0 Å². The predicted molar refractivity (Wildman–Crippen MR) is 273 cm³/mol. The number of H-pyrrole nitrogens is 1. The van der Waals surface area contributed by atoms with E-state index in [1.807, 2.05) is 73.6 Å². The molecule has 0 spiro atoms. The summed E-state index contributed by atoms with van der Waals surface area (Å²) in [4.78, 5) is 90.8. The Labute approximate surface area is 421 Å². The molecule has 1 fully saturated rings. The van der Waals surface area contributed by atoms with Gasteiger partial charge < -0.3 is 50.5 Å². The molecule has 0 bridgehead atoms. The Kier molecular flexibility index (Phi) is 21.6. The standard InChI is InChI=1S/C49H78N10O9S2/c1-15-29(6)39(34(66-13)24-35(60)59-23-19-22-33(59)41(67-14)30(7)44(62)53-31(8)40(61)32-20-17-16-18-21-32)57(11)46(64)36(27(2)3)54-45(63)38(28(4)5)58(12)48(65)68-25-49(9,10)70-69-47-55-37-42(50)51-26-52-43(37)56-47/h16-18,20-21,26-31,33-34,36,38-41,61H,15,19,22-25H2,1-14H3,(H,53,62)(H,54,63)(H3,50,51,52,55,56)/t29-,30+,31+,33-,34+,36-,38-,39-,40+,41+/m0/s1. The molecule has 1 aliphatic rings. The minimum atomic E-state index is -0.982. The Morgan fingerprint density at radius 2 is 1.63 bits per heavy atom. The van der Waals surface area contributed by atoms with E-state index in [1.165, 1.54) is 54.1 Å². The number of anilines is 1. The third kappa shape index (κ3) is 14.7. The van der Waals surface area contributed by atoms with Crippen LogP contribution in [0.2, 0.25) is 0 Å². The van der Waals surface area contributed by atoms with Crippen molar-refractivity contribution in [2.45, 2.75) is 153 Å². The number of fused-ring (bicyclic) bond motifs is 1. The number of methoxy groups -OCH3 is 2. The van der Waals surface area contributed by atoms with E-state index in [1.54, 1.807) is 42.8 Å². The number of nitrogen functional groups attached to an aromatic ring is 1. The molecule has 70 heavy (non-hydrogen) atoms. The van der Waals surface area contributed by atoms with Gasteiger partial charge in [0.2, 0.25) is 23.6 Å². The van der Waals surface area contributed by atoms with Crippen molar-refractivity contribution < 1.29 is 43.3 Å². The van der Waals surface area contributed by atoms with Gasteiger partial charge in [-0.3, -0.25) is 24.1 Å². The monoisotopic (exact) mass is 1010 g/mol. The second kappa shape index (κ2) is 26.1. The third-order valence-electron chi connectivity index (χ3n) is 13.3. The van der Waals surface area contributed by atoms with Crippen molar-refractivity contribution in [1.29, 1.82) is 0 Å². The molecule has 3 aromatic rings. The number of hydrogen-bond donors (Lipinski definition) is 5. The minimum absolute atomic E-state index is 0.0167. The molecule has 0 radical (unpaired) electrons. The fraction of sp³-hybridized carbons (Fsp3) is 0.673. The van der Waals surface area contributed by atoms with E-state index in [0.717, 1.165) is 0 Å². The summed E-state index contributed by atoms with van der Waals surface area (Å²) in [5.41, 5.74) is 7.60. The van der Waals surface area contributed by atoms with Gasteiger partial charge in [-0.05, 0) is 67.7 Å². The van der Waals surface area contributed by atoms with Gasteiger partial charge in [0.1, 0.15) is 25.0 Å². The zero-order chi connectivity index (χ0) is 52.2. The van der Waals surface area contributed by atoms with Crippen molar-refractivity contribution in [1.82, 2.24) is 45.3 Å². The molecule has 1 saturated heterocycles. The van der Waals surface area contributed by atoms with E-state index < -0.39 is 71.2 Å². The highest BCUT2D eigenvalue weighted by Gasteiger charge is 2.44. The maximum absolute atomic E-state index is 14.7. The van der Waals surface area contributed by atoms with Crippen LogP contribution in [0.3, 0.4) is 0 Å². The lowest BCUT2D eigenvalue weighted by molar-refractivity contribution is -0.148. The van der Waals surface area contributed by atoms with Crippen LogP contribution in [-0.2, 0) is 33.4 Å². The van der Waals surface area contributed by atoms with Crippen LogP contribution < -0.4 is 16.4 Å². The summed E-state index contributed by atoms with van der Waals surface area (Å²) in [5.74, 6) is -2.58. The van der Waals surface area contributed by atoms with E-state index in [4.69, 9.17) is 19.9 Å². The molecule has 6 N–H and O–H groups in total. The van der Waals surface area contributed by atoms with Crippen LogP contribution in [-0.4, -0.2) is 158 Å². The maximum Gasteiger partial charge on any atom is 0.410 e. The summed E-state index contributed by atoms with van der Waals surface area (Å²) in [6, 6.07) is 5.63. The van der Waals surface area contributed by atoms with E-state index in [2.05, 4.69) is 30.6 Å². The number of rotatable bonds is 25. The fourth-order valence-electron chi connectivity index (χ4n) is 9.07. The lowest BCUT2D eigenvalue weighted by Gasteiger charge is -2.41. The Morgan fingerprint density at radius 1 is 0.957 bits per heavy atom. The van der Waals surface area contributed by atoms with Crippen molar-refractivity contribution in [2.24, 2.45) is 23.7 Å². The molecule has 4 rings (SSSR count). The Bertz CT molecular complexity index is 2200. The highest BCUT2D eigenvalue weighted by molar-refractivity contribution is 8.77. The van der Waals surface area contributed by atoms with E-state index >= 15 is 0 Å². The quantitative estimate of drug-likeness (QED) is 0.0625. The summed E-state index contributed by atoms with van der Waals surface area (Å²) < 4.78 is 17.2. The molecule has 2 aromatic heterocycles. The van der Waals surface area contributed by atoms with Gasteiger partial charge in [0, 0.05) is 34.9 Å². The predicted octanol–water partition coefficient (Wildman–Crippen LogP) is 5.85. The third-order valence-corrected chi connectivity index (χ3v) is 16.3. The van der Waals surface area contributed by atoms with Crippen molar-refractivity contribution in [3.63, 3.8) is 0 Å². The zero-order valence-electron chi connectivity index (χ0n) is 43.4. The smallest absolute Gasteiger partial charge is 0.410 e. The molecule has 3 heterocycles. The molecule has 21 heteroatoms. The van der Waals surface area contributed by atoms with Crippen LogP contribution in [0.5, 0.6) is 0 Å². The number of aromatic amines is 1. The van der Waals surface area contributed by atoms with Crippen LogP contribution in [0.1, 0.15) is 107 Å². The van der Waals surface area contributed by atoms with Crippen molar-refractivity contribution in [2.75, 3.05) is 47.2 Å². The van der Waals surface area contributed by atoms with Crippen LogP contribution in [0.15, 0.2) is 41.8 Å². The number of nitrogens with zero attached hydrogens (tertiary/aromatic N) is 6. The fourth-order valence-corrected chi connectivity index (χ4v) is 11.0. The number of likely N-dealkylation sites (tertiary alicyclic amines) is 1. The number of ether oxygens (including phenoxy) is 3. The number of aliphatic hydroxyl groups is 1. The molecule has 1 aromatic carbocycles. The van der Waals surface area contributed by atoms with Gasteiger partial charge >= 0.3 is 6.09 Å². The number of imidazole rings is 1. The van der Waals surface area contributed by atoms with E-state index in [9.17, 15) is 29.1 Å². The normalized spacial score (nSPS) is 18.1. The molecule has 390 valence electrons. The highest BCUT2D eigenvalue weighted by Crippen LogP contribution is 2.40. The lowest BCUT2D eigenvalue weighted by Crippen LogP contribution is -2.60. The summed E-state index contributed by atoms with van der Waals surface area (Å²) in [6.07, 6.45) is 0.359. The summed E-state index contributed by atoms with van der Waals surface area (Å²) >= 11 is 0. The van der Waals surface area contributed by atoms with Crippen molar-refractivity contribution >= 4 is 68.3 Å². The largest absolute Gasteiger partial charge is 0.448 e. The summed E-state index contributed by atoms with van der Waals surface area (Å²) in [5, 5.41) is 17.4. The van der Waals surface area contributed by atoms with E-state index in [-0.39, 0.29) is 54.3 Å². The molecule has 1 aliphatic heterocycles. The zero-order valence-corrected chi connectivity index (χ0v) is 45.1. The topological polar surface area (TPSA) is 248 Å². The van der Waals surface area contributed by atoms with Gasteiger partial charge in [-0.15, -0.1) is 0 Å². The number of aromatic nitrogens is 4. The Balaban J connectivity index is 1.42. The number of benzene rings is 1. The summed E-state index contributed by atoms with van der Waals surface area (Å²) in [6.45, 7) is 19.2. The maximum atomic E-state index is 14.7. The molecule has 10 atom stereocenters. The van der Waals surface area contributed by atoms with Gasteiger partial charge in [-0.1, -0.05) is 96.0 Å². The lowest BCUT2D eigenvalue weighted by atomic mass is 9.89. The van der Waals surface area contributed by atoms with Gasteiger partial charge in [0.05, 0.1) is 53.5 Å². The number of carbonyl (C=O) groups excluding carboxylic acids is 5. The molecule has 0 saturated carbocycles. The molecule has 5 amide bonds. The Morgan fingerprint density at radius 3 is 2.21 bits per heavy atom. The number of likely N-dealkylation sites (N-methyl/N-ethyl adjacent to an activating group) is 2. The first kappa shape index (κ1) is 57.9. The molecule has 0 aliphatic carbocycles. The number of nitrogens with two attached hydrogens (primary N) is 1. The number of aliphatic hydroxyl groups excluding tert-OH is 1. The number of carbonyl (C=O) groups is 5. The van der Waals surface area contributed by atoms with Gasteiger partial charge in [-0.25, -0.2) is 19.7 Å². The summed E-state index contributed by atoms with van der Waals surface area (Å²) in [7, 11) is 9.02. The van der Waals surface area contributed by atoms with Gasteiger partial charge in [0.15, 0.2) is 22.1 Å². The van der Waals surface area contributed by atoms with Crippen LogP contribution in [0.25, 0.3) is 11.2 Å².